The number of ether oxygens (including phenoxy) is 1. The molecule has 5 rings (SSSR count). The lowest BCUT2D eigenvalue weighted by atomic mass is 9.73. The van der Waals surface area contributed by atoms with Gasteiger partial charge < -0.3 is 14.5 Å². The van der Waals surface area contributed by atoms with Crippen LogP contribution in [0.5, 0.6) is 5.75 Å². The summed E-state index contributed by atoms with van der Waals surface area (Å²) in [6.07, 6.45) is 13.4. The average Bonchev–Trinajstić information content (AvgIpc) is 3.44. The van der Waals surface area contributed by atoms with Crippen molar-refractivity contribution in [3.63, 3.8) is 0 Å². The number of likely N-dealkylation sites (tertiary alicyclic amines) is 1. The van der Waals surface area contributed by atoms with Gasteiger partial charge in [0.1, 0.15) is 37.2 Å². The van der Waals surface area contributed by atoms with E-state index in [0.717, 1.165) is 44.3 Å². The van der Waals surface area contributed by atoms with Crippen molar-refractivity contribution in [3.8, 4) is 5.75 Å². The zero-order chi connectivity index (χ0) is 25.5. The average molecular weight is 504 g/mol. The minimum absolute atomic E-state index is 0.0472. The molecule has 1 aromatic carbocycles. The van der Waals surface area contributed by atoms with Gasteiger partial charge in [-0.05, 0) is 49.1 Å². The Bertz CT molecular complexity index is 1180. The van der Waals surface area contributed by atoms with Gasteiger partial charge in [-0.15, -0.1) is 0 Å². The number of benzene rings is 1. The normalized spacial score (nSPS) is 18.3. The van der Waals surface area contributed by atoms with Gasteiger partial charge in [-0.25, -0.2) is 14.6 Å². The summed E-state index contributed by atoms with van der Waals surface area (Å²) < 4.78 is 7.71. The molecule has 0 N–H and O–H groups in total. The van der Waals surface area contributed by atoms with Crippen LogP contribution in [-0.4, -0.2) is 79.1 Å². The van der Waals surface area contributed by atoms with E-state index in [1.165, 1.54) is 18.1 Å². The quantitative estimate of drug-likeness (QED) is 0.541. The highest BCUT2D eigenvalue weighted by atomic mass is 16.5. The van der Waals surface area contributed by atoms with Crippen LogP contribution in [0.25, 0.3) is 0 Å². The van der Waals surface area contributed by atoms with Crippen LogP contribution >= 0.6 is 0 Å². The molecule has 2 amide bonds. The predicted octanol–water partition coefficient (Wildman–Crippen LogP) is 2.62. The van der Waals surface area contributed by atoms with Crippen LogP contribution in [0.4, 0.5) is 0 Å². The number of hydrogen-bond acceptors (Lipinski definition) is 7. The van der Waals surface area contributed by atoms with E-state index in [2.05, 4.69) is 26.1 Å². The van der Waals surface area contributed by atoms with Gasteiger partial charge in [0, 0.05) is 32.0 Å². The Morgan fingerprint density at radius 1 is 0.973 bits per heavy atom. The summed E-state index contributed by atoms with van der Waals surface area (Å²) in [6, 6.07) is 8.16. The summed E-state index contributed by atoms with van der Waals surface area (Å²) in [5, 5.41) is 4.06. The molecule has 2 aromatic heterocycles. The Morgan fingerprint density at radius 2 is 1.84 bits per heavy atom. The first-order valence-electron chi connectivity index (χ1n) is 13.0. The molecule has 4 heterocycles. The number of fused-ring (bicyclic) bond motifs is 1. The number of aryl methyl sites for hydroxylation is 1. The Hall–Kier alpha value is -3.82. The number of hydrogen-bond donors (Lipinski definition) is 0. The molecular weight excluding hydrogens is 470 g/mol. The highest BCUT2D eigenvalue weighted by molar-refractivity contribution is 5.92. The fraction of sp³-hybridized carbons (Fsp3) is 0.481. The third-order valence-corrected chi connectivity index (χ3v) is 7.53. The number of carbonyl (C=O) groups excluding carboxylic acids is 2. The lowest BCUT2D eigenvalue weighted by Gasteiger charge is -2.45. The summed E-state index contributed by atoms with van der Waals surface area (Å²) >= 11 is 0. The van der Waals surface area contributed by atoms with Crippen LogP contribution in [0, 0.1) is 5.41 Å². The molecule has 1 saturated heterocycles. The standard InChI is InChI=1S/C27H33N7O3/c35-25(18-34-21-29-20-31-34)32-13-9-27(10-14-32)8-4-3-6-22-5-1-2-7-24(22)37-16-15-33(19-27)26(36)23-17-28-11-12-30-23/h1-2,5,7,11-12,17,20-21H,3-4,6,8-10,13-16,18-19H2. The highest BCUT2D eigenvalue weighted by Gasteiger charge is 2.38. The third kappa shape index (κ3) is 6.12. The molecule has 1 fully saturated rings. The fourth-order valence-corrected chi connectivity index (χ4v) is 5.43. The van der Waals surface area contributed by atoms with Gasteiger partial charge >= 0.3 is 0 Å². The number of carbonyl (C=O) groups is 2. The van der Waals surface area contributed by atoms with E-state index in [0.29, 0.717) is 38.5 Å². The predicted molar refractivity (Wildman–Crippen MR) is 136 cm³/mol. The molecule has 37 heavy (non-hydrogen) atoms. The summed E-state index contributed by atoms with van der Waals surface area (Å²) in [5.41, 5.74) is 1.48. The molecule has 0 atom stereocenters. The first-order chi connectivity index (χ1) is 18.1. The van der Waals surface area contributed by atoms with E-state index in [1.54, 1.807) is 23.4 Å². The van der Waals surface area contributed by atoms with Gasteiger partial charge in [0.25, 0.3) is 5.91 Å². The Morgan fingerprint density at radius 3 is 2.62 bits per heavy atom. The molecule has 0 bridgehead atoms. The summed E-state index contributed by atoms with van der Waals surface area (Å²) in [6.45, 7) is 3.00. The highest BCUT2D eigenvalue weighted by Crippen LogP contribution is 2.38. The minimum Gasteiger partial charge on any atom is -0.491 e. The lowest BCUT2D eigenvalue weighted by Crippen LogP contribution is -2.50. The molecule has 0 unspecified atom stereocenters. The Kier molecular flexibility index (Phi) is 7.72. The van der Waals surface area contributed by atoms with Gasteiger partial charge in [-0.2, -0.15) is 5.10 Å². The topological polar surface area (TPSA) is 106 Å². The van der Waals surface area contributed by atoms with Gasteiger partial charge in [0.15, 0.2) is 0 Å². The number of rotatable bonds is 3. The van der Waals surface area contributed by atoms with Gasteiger partial charge in [0.2, 0.25) is 5.91 Å². The first-order valence-corrected chi connectivity index (χ1v) is 13.0. The molecule has 10 heteroatoms. The molecule has 0 saturated carbocycles. The van der Waals surface area contributed by atoms with Crippen molar-refractivity contribution in [1.82, 2.24) is 34.5 Å². The van der Waals surface area contributed by atoms with E-state index in [4.69, 9.17) is 4.74 Å². The minimum atomic E-state index is -0.133. The molecule has 2 aliphatic rings. The largest absolute Gasteiger partial charge is 0.491 e. The second kappa shape index (κ2) is 11.5. The van der Waals surface area contributed by atoms with Gasteiger partial charge in [-0.1, -0.05) is 24.6 Å². The summed E-state index contributed by atoms with van der Waals surface area (Å²) in [7, 11) is 0. The molecular formula is C27H33N7O3. The van der Waals surface area contributed by atoms with Crippen LogP contribution in [-0.2, 0) is 17.8 Å². The maximum atomic E-state index is 13.5. The monoisotopic (exact) mass is 503 g/mol. The molecule has 194 valence electrons. The Balaban J connectivity index is 1.33. The van der Waals surface area contributed by atoms with Crippen LogP contribution < -0.4 is 4.74 Å². The maximum absolute atomic E-state index is 13.5. The van der Waals surface area contributed by atoms with Crippen LogP contribution in [0.3, 0.4) is 0 Å². The van der Waals surface area contributed by atoms with E-state index >= 15 is 0 Å². The number of piperidine rings is 1. The van der Waals surface area contributed by atoms with Crippen molar-refractivity contribution >= 4 is 11.8 Å². The van der Waals surface area contributed by atoms with E-state index in [-0.39, 0.29) is 23.8 Å². The van der Waals surface area contributed by atoms with Gasteiger partial charge in [0.05, 0.1) is 12.7 Å². The number of aromatic nitrogens is 5. The lowest BCUT2D eigenvalue weighted by molar-refractivity contribution is -0.134. The van der Waals surface area contributed by atoms with Crippen molar-refractivity contribution in [2.24, 2.45) is 5.41 Å². The van der Waals surface area contributed by atoms with Crippen molar-refractivity contribution in [2.45, 2.75) is 45.1 Å². The molecule has 1 spiro atoms. The molecule has 0 aliphatic carbocycles. The second-order valence-corrected chi connectivity index (χ2v) is 9.95. The first kappa shape index (κ1) is 24.9. The van der Waals surface area contributed by atoms with Crippen molar-refractivity contribution in [1.29, 1.82) is 0 Å². The smallest absolute Gasteiger partial charge is 0.274 e. The van der Waals surface area contributed by atoms with E-state index in [1.807, 2.05) is 28.0 Å². The fourth-order valence-electron chi connectivity index (χ4n) is 5.43. The van der Waals surface area contributed by atoms with Crippen LogP contribution in [0.2, 0.25) is 0 Å². The van der Waals surface area contributed by atoms with Crippen molar-refractivity contribution in [3.05, 3.63) is 66.8 Å². The SMILES string of the molecule is O=C(Cn1cncn1)N1CCC2(CCCCc3ccccc3OCCN(C(=O)c3cnccn3)C2)CC1. The van der Waals surface area contributed by atoms with E-state index < -0.39 is 0 Å². The van der Waals surface area contributed by atoms with Crippen LogP contribution in [0.15, 0.2) is 55.5 Å². The number of amides is 2. The van der Waals surface area contributed by atoms with Gasteiger partial charge in [-0.3, -0.25) is 14.6 Å². The zero-order valence-electron chi connectivity index (χ0n) is 21.0. The molecule has 2 aliphatic heterocycles. The maximum Gasteiger partial charge on any atom is 0.274 e. The number of para-hydroxylation sites is 1. The zero-order valence-corrected chi connectivity index (χ0v) is 21.0. The van der Waals surface area contributed by atoms with E-state index in [9.17, 15) is 9.59 Å². The third-order valence-electron chi connectivity index (χ3n) is 7.53. The van der Waals surface area contributed by atoms with Crippen molar-refractivity contribution < 1.29 is 14.3 Å². The molecule has 0 radical (unpaired) electrons. The second-order valence-electron chi connectivity index (χ2n) is 9.95. The molecule has 3 aromatic rings. The summed E-state index contributed by atoms with van der Waals surface area (Å²) in [5.74, 6) is 0.806. The summed E-state index contributed by atoms with van der Waals surface area (Å²) in [4.78, 5) is 42.5. The molecule has 10 nitrogen and oxygen atoms in total. The Labute approximate surface area is 216 Å². The van der Waals surface area contributed by atoms with Crippen molar-refractivity contribution in [2.75, 3.05) is 32.8 Å². The van der Waals surface area contributed by atoms with Crippen LogP contribution in [0.1, 0.15) is 48.2 Å². The number of nitrogens with zero attached hydrogens (tertiary/aromatic N) is 7.